The molecule has 4 heteroatoms. The molecule has 4 nitrogen and oxygen atoms in total. The van der Waals surface area contributed by atoms with Crippen LogP contribution in [-0.2, 0) is 9.59 Å². The largest absolute Gasteiger partial charge is 0.426 e. The molecule has 4 bridgehead atoms. The molecule has 0 N–H and O–H groups in total. The molecular weight excluding hydrogens is 496 g/mol. The molecule has 0 saturated heterocycles. The molecule has 5 aromatic rings. The molecule has 0 saturated carbocycles. The molecule has 0 aromatic heterocycles. The van der Waals surface area contributed by atoms with E-state index in [9.17, 15) is 9.59 Å². The molecule has 4 atom stereocenters. The molecule has 0 spiro atoms. The van der Waals surface area contributed by atoms with E-state index >= 15 is 0 Å². The fraction of sp³-hybridized carbons (Fsp3) is 0.222. The first-order valence-corrected chi connectivity index (χ1v) is 14.1. The maximum atomic E-state index is 12.6. The van der Waals surface area contributed by atoms with Crippen molar-refractivity contribution in [3.63, 3.8) is 0 Å². The van der Waals surface area contributed by atoms with Crippen LogP contribution < -0.4 is 9.47 Å². The predicted molar refractivity (Wildman–Crippen MR) is 154 cm³/mol. The van der Waals surface area contributed by atoms with Gasteiger partial charge in [-0.2, -0.15) is 0 Å². The molecule has 40 heavy (non-hydrogen) atoms. The van der Waals surface area contributed by atoms with Crippen LogP contribution in [0.3, 0.4) is 0 Å². The Bertz CT molecular complexity index is 1730. The molecule has 0 aliphatic heterocycles. The standard InChI is InChI=1S/C36H26O4/c1-17(37)39-35-31-27-15-29(25-13-21-9-5-3-7-19(21)11-23(25)27)33(31)36(40-18(2)38)34-30-16-28(32(34)35)24-12-20-8-4-6-10-22(20)14-26(24)30/h3-14,27-30H,15-16H2,1-2H3/t27-,28+,29+,30-. The van der Waals surface area contributed by atoms with Crippen LogP contribution in [0.25, 0.3) is 21.5 Å². The lowest BCUT2D eigenvalue weighted by Gasteiger charge is -2.31. The van der Waals surface area contributed by atoms with Crippen LogP contribution >= 0.6 is 0 Å². The van der Waals surface area contributed by atoms with Gasteiger partial charge in [0, 0.05) is 59.8 Å². The lowest BCUT2D eigenvalue weighted by atomic mass is 9.76. The normalized spacial score (nSPS) is 22.2. The molecule has 0 unspecified atom stereocenters. The zero-order valence-electron chi connectivity index (χ0n) is 22.3. The lowest BCUT2D eigenvalue weighted by molar-refractivity contribution is -0.133. The van der Waals surface area contributed by atoms with Gasteiger partial charge < -0.3 is 9.47 Å². The van der Waals surface area contributed by atoms with E-state index in [2.05, 4.69) is 72.8 Å². The van der Waals surface area contributed by atoms with Crippen LogP contribution in [0.15, 0.2) is 72.8 Å². The Balaban J connectivity index is 1.34. The summed E-state index contributed by atoms with van der Waals surface area (Å²) in [6, 6.07) is 26.1. The molecular formula is C36H26O4. The minimum atomic E-state index is -0.312. The number of esters is 2. The number of fused-ring (bicyclic) bond motifs is 18. The SMILES string of the molecule is CC(=O)Oc1c2c(c(OC(C)=O)c3c1[C@H]1C[C@@H]3c3cc4ccccc4cc31)[C@H]1C[C@@H]2c2cc3ccccc3cc21. The maximum absolute atomic E-state index is 12.6. The van der Waals surface area contributed by atoms with Crippen molar-refractivity contribution in [3.05, 3.63) is 117 Å². The van der Waals surface area contributed by atoms with E-state index in [1.165, 1.54) is 57.6 Å². The van der Waals surface area contributed by atoms with Gasteiger partial charge in [0.15, 0.2) is 0 Å². The van der Waals surface area contributed by atoms with E-state index in [1.807, 2.05) is 0 Å². The summed E-state index contributed by atoms with van der Waals surface area (Å²) in [5.41, 5.74) is 9.39. The first-order chi connectivity index (χ1) is 19.5. The molecule has 0 fully saturated rings. The summed E-state index contributed by atoms with van der Waals surface area (Å²) in [5, 5.41) is 4.85. The molecule has 4 aliphatic carbocycles. The van der Waals surface area contributed by atoms with Gasteiger partial charge in [0.05, 0.1) is 0 Å². The maximum Gasteiger partial charge on any atom is 0.308 e. The zero-order chi connectivity index (χ0) is 26.9. The minimum Gasteiger partial charge on any atom is -0.426 e. The van der Waals surface area contributed by atoms with Gasteiger partial charge in [-0.05, 0) is 56.6 Å². The first kappa shape index (κ1) is 22.4. The molecule has 9 rings (SSSR count). The second-order valence-corrected chi connectivity index (χ2v) is 11.8. The highest BCUT2D eigenvalue weighted by atomic mass is 16.5. The van der Waals surface area contributed by atoms with Crippen molar-refractivity contribution >= 4 is 33.5 Å². The van der Waals surface area contributed by atoms with Crippen LogP contribution in [0.4, 0.5) is 0 Å². The number of carbonyl (C=O) groups excluding carboxylic acids is 2. The Kier molecular flexibility index (Phi) is 4.25. The lowest BCUT2D eigenvalue weighted by Crippen LogP contribution is -2.18. The van der Waals surface area contributed by atoms with Crippen LogP contribution in [0, 0.1) is 0 Å². The van der Waals surface area contributed by atoms with E-state index < -0.39 is 0 Å². The van der Waals surface area contributed by atoms with Gasteiger partial charge in [-0.25, -0.2) is 0 Å². The molecule has 0 heterocycles. The van der Waals surface area contributed by atoms with E-state index in [-0.39, 0.29) is 35.6 Å². The van der Waals surface area contributed by atoms with Gasteiger partial charge in [0.1, 0.15) is 11.5 Å². The highest BCUT2D eigenvalue weighted by molar-refractivity contribution is 5.90. The Hall–Kier alpha value is -4.44. The number of hydrogen-bond acceptors (Lipinski definition) is 4. The third-order valence-corrected chi connectivity index (χ3v) is 9.79. The smallest absolute Gasteiger partial charge is 0.308 e. The molecule has 194 valence electrons. The van der Waals surface area contributed by atoms with Crippen molar-refractivity contribution < 1.29 is 19.1 Å². The fourth-order valence-electron chi connectivity index (χ4n) is 8.50. The summed E-state index contributed by atoms with van der Waals surface area (Å²) < 4.78 is 12.4. The van der Waals surface area contributed by atoms with Crippen molar-refractivity contribution in [3.8, 4) is 11.5 Å². The topological polar surface area (TPSA) is 52.6 Å². The van der Waals surface area contributed by atoms with Crippen LogP contribution in [-0.4, -0.2) is 11.9 Å². The van der Waals surface area contributed by atoms with E-state index in [0.29, 0.717) is 11.5 Å². The summed E-state index contributed by atoms with van der Waals surface area (Å²) in [6.07, 6.45) is 1.80. The van der Waals surface area contributed by atoms with Crippen LogP contribution in [0.2, 0.25) is 0 Å². The minimum absolute atomic E-state index is 0.101. The van der Waals surface area contributed by atoms with Crippen molar-refractivity contribution in [2.24, 2.45) is 0 Å². The Morgan fingerprint density at radius 3 is 1.05 bits per heavy atom. The van der Waals surface area contributed by atoms with Gasteiger partial charge in [0.25, 0.3) is 0 Å². The van der Waals surface area contributed by atoms with Gasteiger partial charge in [-0.15, -0.1) is 0 Å². The zero-order valence-corrected chi connectivity index (χ0v) is 22.3. The summed E-state index contributed by atoms with van der Waals surface area (Å²) in [6.45, 7) is 2.98. The Morgan fingerprint density at radius 1 is 0.525 bits per heavy atom. The summed E-state index contributed by atoms with van der Waals surface area (Å²) in [7, 11) is 0. The van der Waals surface area contributed by atoms with Crippen LogP contribution in [0.1, 0.15) is 94.9 Å². The Morgan fingerprint density at radius 2 is 0.800 bits per heavy atom. The van der Waals surface area contributed by atoms with Crippen molar-refractivity contribution in [1.82, 2.24) is 0 Å². The van der Waals surface area contributed by atoms with Crippen molar-refractivity contribution in [1.29, 1.82) is 0 Å². The second kappa shape index (κ2) is 7.60. The first-order valence-electron chi connectivity index (χ1n) is 14.1. The van der Waals surface area contributed by atoms with Crippen molar-refractivity contribution in [2.45, 2.75) is 50.4 Å². The highest BCUT2D eigenvalue weighted by Gasteiger charge is 2.53. The number of carbonyl (C=O) groups is 2. The monoisotopic (exact) mass is 522 g/mol. The molecule has 4 aliphatic rings. The third kappa shape index (κ3) is 2.76. The summed E-state index contributed by atoms with van der Waals surface area (Å²) in [4.78, 5) is 25.2. The average Bonchev–Trinajstić information content (AvgIpc) is 3.70. The number of benzene rings is 5. The average molecular weight is 523 g/mol. The quantitative estimate of drug-likeness (QED) is 0.175. The number of rotatable bonds is 2. The van der Waals surface area contributed by atoms with Gasteiger partial charge in [0.2, 0.25) is 0 Å². The predicted octanol–water partition coefficient (Wildman–Crippen LogP) is 7.81. The molecule has 0 amide bonds. The van der Waals surface area contributed by atoms with Crippen molar-refractivity contribution in [2.75, 3.05) is 0 Å². The van der Waals surface area contributed by atoms with Gasteiger partial charge in [-0.3, -0.25) is 9.59 Å². The summed E-state index contributed by atoms with van der Waals surface area (Å²) in [5.74, 6) is 1.21. The van der Waals surface area contributed by atoms with Gasteiger partial charge >= 0.3 is 11.9 Å². The van der Waals surface area contributed by atoms with E-state index in [0.717, 1.165) is 35.1 Å². The van der Waals surface area contributed by atoms with E-state index in [1.54, 1.807) is 0 Å². The number of ether oxygens (including phenoxy) is 2. The third-order valence-electron chi connectivity index (χ3n) is 9.79. The molecule has 0 radical (unpaired) electrons. The van der Waals surface area contributed by atoms with Gasteiger partial charge in [-0.1, -0.05) is 72.8 Å². The highest BCUT2D eigenvalue weighted by Crippen LogP contribution is 2.69. The summed E-state index contributed by atoms with van der Waals surface area (Å²) >= 11 is 0. The number of hydrogen-bond donors (Lipinski definition) is 0. The van der Waals surface area contributed by atoms with E-state index in [4.69, 9.17) is 9.47 Å². The Labute approximate surface area is 231 Å². The molecule has 5 aromatic carbocycles. The fourth-order valence-corrected chi connectivity index (χ4v) is 8.50. The second-order valence-electron chi connectivity index (χ2n) is 11.8. The van der Waals surface area contributed by atoms with Crippen LogP contribution in [0.5, 0.6) is 11.5 Å².